The number of anilines is 1. The highest BCUT2D eigenvalue weighted by molar-refractivity contribution is 7.89. The van der Waals surface area contributed by atoms with Gasteiger partial charge in [0, 0.05) is 18.8 Å². The third kappa shape index (κ3) is 5.07. The van der Waals surface area contributed by atoms with Gasteiger partial charge in [-0.1, -0.05) is 30.3 Å². The van der Waals surface area contributed by atoms with Gasteiger partial charge in [0.05, 0.1) is 16.1 Å². The van der Waals surface area contributed by atoms with E-state index in [-0.39, 0.29) is 10.5 Å². The second kappa shape index (κ2) is 8.52. The molecule has 0 spiro atoms. The Kier molecular flexibility index (Phi) is 5.89. The van der Waals surface area contributed by atoms with E-state index < -0.39 is 10.0 Å². The highest BCUT2D eigenvalue weighted by atomic mass is 32.2. The number of ether oxygens (including phenoxy) is 1. The molecule has 0 aliphatic carbocycles. The number of hydrogen-bond acceptors (Lipinski definition) is 6. The highest BCUT2D eigenvalue weighted by Crippen LogP contribution is 2.20. The van der Waals surface area contributed by atoms with Crippen LogP contribution >= 0.6 is 0 Å². The highest BCUT2D eigenvalue weighted by Gasteiger charge is 2.11. The van der Waals surface area contributed by atoms with Crippen LogP contribution in [0.4, 0.5) is 5.69 Å². The molecule has 142 valence electrons. The topological polar surface area (TPSA) is 118 Å². The summed E-state index contributed by atoms with van der Waals surface area (Å²) in [6, 6.07) is 19.5. The van der Waals surface area contributed by atoms with E-state index in [4.69, 9.17) is 9.88 Å². The largest absolute Gasteiger partial charge is 0.473 e. The van der Waals surface area contributed by atoms with Crippen LogP contribution < -0.4 is 15.2 Å². The van der Waals surface area contributed by atoms with Crippen LogP contribution in [0.1, 0.15) is 16.7 Å². The van der Waals surface area contributed by atoms with E-state index in [2.05, 4.69) is 10.3 Å². The van der Waals surface area contributed by atoms with Gasteiger partial charge in [-0.2, -0.15) is 5.26 Å². The zero-order valence-electron chi connectivity index (χ0n) is 14.9. The Hall–Kier alpha value is -3.41. The van der Waals surface area contributed by atoms with Gasteiger partial charge in [0.25, 0.3) is 0 Å². The van der Waals surface area contributed by atoms with Crippen molar-refractivity contribution in [3.05, 3.63) is 83.6 Å². The van der Waals surface area contributed by atoms with Crippen molar-refractivity contribution in [3.63, 3.8) is 0 Å². The Labute approximate surface area is 163 Å². The van der Waals surface area contributed by atoms with E-state index >= 15 is 0 Å². The number of hydrogen-bond donors (Lipinski definition) is 2. The molecule has 0 saturated carbocycles. The van der Waals surface area contributed by atoms with Gasteiger partial charge < -0.3 is 10.1 Å². The maximum atomic E-state index is 11.4. The molecule has 3 aromatic rings. The second-order valence-corrected chi connectivity index (χ2v) is 7.56. The van der Waals surface area contributed by atoms with Gasteiger partial charge in [-0.3, -0.25) is 0 Å². The van der Waals surface area contributed by atoms with Crippen LogP contribution in [0.15, 0.2) is 71.8 Å². The zero-order valence-corrected chi connectivity index (χ0v) is 15.7. The van der Waals surface area contributed by atoms with Gasteiger partial charge >= 0.3 is 0 Å². The van der Waals surface area contributed by atoms with E-state index in [1.807, 2.05) is 42.5 Å². The molecule has 1 heterocycles. The molecule has 3 N–H and O–H groups in total. The first-order chi connectivity index (χ1) is 13.5. The average Bonchev–Trinajstić information content (AvgIpc) is 2.71. The molecule has 0 unspecified atom stereocenters. The van der Waals surface area contributed by atoms with Crippen molar-refractivity contribution >= 4 is 15.7 Å². The SMILES string of the molecule is N#Cc1cc(S(N)(=O)=O)ccc1NCc1ccnc(OCc2ccccc2)c1. The number of nitriles is 1. The summed E-state index contributed by atoms with van der Waals surface area (Å²) in [5, 5.41) is 17.5. The van der Waals surface area contributed by atoms with Crippen LogP contribution in [-0.4, -0.2) is 13.4 Å². The Balaban J connectivity index is 1.67. The molecule has 3 rings (SSSR count). The van der Waals surface area contributed by atoms with Crippen LogP contribution in [-0.2, 0) is 23.2 Å². The summed E-state index contributed by atoms with van der Waals surface area (Å²) in [5.74, 6) is 0.494. The van der Waals surface area contributed by atoms with Gasteiger partial charge in [0.15, 0.2) is 0 Å². The summed E-state index contributed by atoms with van der Waals surface area (Å²) in [4.78, 5) is 4.10. The molecule has 7 nitrogen and oxygen atoms in total. The predicted molar refractivity (Wildman–Crippen MR) is 105 cm³/mol. The number of nitrogens with zero attached hydrogens (tertiary/aromatic N) is 2. The number of benzene rings is 2. The summed E-state index contributed by atoms with van der Waals surface area (Å²) >= 11 is 0. The van der Waals surface area contributed by atoms with Crippen molar-refractivity contribution in [2.75, 3.05) is 5.32 Å². The minimum absolute atomic E-state index is 0.102. The number of pyridine rings is 1. The normalized spacial score (nSPS) is 10.9. The fraction of sp³-hybridized carbons (Fsp3) is 0.100. The maximum Gasteiger partial charge on any atom is 0.238 e. The van der Waals surface area contributed by atoms with Crippen LogP contribution in [0.2, 0.25) is 0 Å². The van der Waals surface area contributed by atoms with Crippen molar-refractivity contribution in [1.82, 2.24) is 4.98 Å². The summed E-state index contributed by atoms with van der Waals surface area (Å²) < 4.78 is 28.6. The molecular weight excluding hydrogens is 376 g/mol. The second-order valence-electron chi connectivity index (χ2n) is 5.99. The first kappa shape index (κ1) is 19.4. The summed E-state index contributed by atoms with van der Waals surface area (Å²) in [6.07, 6.45) is 1.65. The third-order valence-corrected chi connectivity index (χ3v) is 4.86. The predicted octanol–water partition coefficient (Wildman–Crippen LogP) is 2.79. The molecule has 0 saturated heterocycles. The first-order valence-corrected chi connectivity index (χ1v) is 9.93. The summed E-state index contributed by atoms with van der Waals surface area (Å²) in [7, 11) is -3.86. The molecule has 0 radical (unpaired) electrons. The molecule has 0 aliphatic rings. The van der Waals surface area contributed by atoms with Gasteiger partial charge in [0.1, 0.15) is 12.7 Å². The molecule has 0 bridgehead atoms. The monoisotopic (exact) mass is 394 g/mol. The van der Waals surface area contributed by atoms with Crippen molar-refractivity contribution < 1.29 is 13.2 Å². The molecule has 8 heteroatoms. The Morgan fingerprint density at radius 3 is 2.57 bits per heavy atom. The minimum atomic E-state index is -3.86. The number of nitrogens with two attached hydrogens (primary N) is 1. The van der Waals surface area contributed by atoms with Crippen molar-refractivity contribution in [1.29, 1.82) is 5.26 Å². The van der Waals surface area contributed by atoms with E-state index in [0.717, 1.165) is 11.1 Å². The number of primary sulfonamides is 1. The molecule has 0 amide bonds. The van der Waals surface area contributed by atoms with E-state index in [9.17, 15) is 13.7 Å². The molecule has 1 aromatic heterocycles. The molecular formula is C20H18N4O3S. The van der Waals surface area contributed by atoms with Gasteiger partial charge in [-0.05, 0) is 35.4 Å². The van der Waals surface area contributed by atoms with Crippen molar-refractivity contribution in [2.45, 2.75) is 18.0 Å². The van der Waals surface area contributed by atoms with Crippen LogP contribution in [0, 0.1) is 11.3 Å². The van der Waals surface area contributed by atoms with Gasteiger partial charge in [0.2, 0.25) is 15.9 Å². The minimum Gasteiger partial charge on any atom is -0.473 e. The fourth-order valence-electron chi connectivity index (χ4n) is 2.52. The number of rotatable bonds is 7. The number of sulfonamides is 1. The van der Waals surface area contributed by atoms with Crippen LogP contribution in [0.25, 0.3) is 0 Å². The molecule has 2 aromatic carbocycles. The van der Waals surface area contributed by atoms with E-state index in [1.165, 1.54) is 18.2 Å². The molecule has 28 heavy (non-hydrogen) atoms. The fourth-order valence-corrected chi connectivity index (χ4v) is 3.05. The van der Waals surface area contributed by atoms with E-state index in [0.29, 0.717) is 24.7 Å². The Morgan fingerprint density at radius 2 is 1.86 bits per heavy atom. The van der Waals surface area contributed by atoms with Crippen molar-refractivity contribution in [2.24, 2.45) is 5.14 Å². The third-order valence-electron chi connectivity index (χ3n) is 3.95. The quantitative estimate of drug-likeness (QED) is 0.636. The Bertz CT molecular complexity index is 1110. The lowest BCUT2D eigenvalue weighted by Gasteiger charge is -2.11. The standard InChI is InChI=1S/C20H18N4O3S/c21-12-17-11-18(28(22,25)26)6-7-19(17)24-13-16-8-9-23-20(10-16)27-14-15-4-2-1-3-5-15/h1-11,24H,13-14H2,(H2,22,25,26). The summed E-state index contributed by atoms with van der Waals surface area (Å²) in [5.41, 5.74) is 2.65. The zero-order chi connectivity index (χ0) is 20.0. The maximum absolute atomic E-state index is 11.4. The molecule has 0 fully saturated rings. The smallest absolute Gasteiger partial charge is 0.238 e. The van der Waals surface area contributed by atoms with Crippen LogP contribution in [0.3, 0.4) is 0 Å². The molecule has 0 atom stereocenters. The Morgan fingerprint density at radius 1 is 1.07 bits per heavy atom. The summed E-state index contributed by atoms with van der Waals surface area (Å²) in [6.45, 7) is 0.825. The number of nitrogens with one attached hydrogen (secondary N) is 1. The first-order valence-electron chi connectivity index (χ1n) is 8.38. The lowest BCUT2D eigenvalue weighted by molar-refractivity contribution is 0.293. The average molecular weight is 394 g/mol. The lowest BCUT2D eigenvalue weighted by atomic mass is 10.2. The number of aromatic nitrogens is 1. The van der Waals surface area contributed by atoms with Crippen LogP contribution in [0.5, 0.6) is 5.88 Å². The lowest BCUT2D eigenvalue weighted by Crippen LogP contribution is -2.12. The van der Waals surface area contributed by atoms with Crippen molar-refractivity contribution in [3.8, 4) is 11.9 Å². The van der Waals surface area contributed by atoms with Gasteiger partial charge in [-0.25, -0.2) is 18.5 Å². The van der Waals surface area contributed by atoms with Gasteiger partial charge in [-0.15, -0.1) is 0 Å². The molecule has 0 aliphatic heterocycles. The van der Waals surface area contributed by atoms with E-state index in [1.54, 1.807) is 12.3 Å².